The molecule has 1 amide bonds. The molecule has 162 valence electrons. The van der Waals surface area contributed by atoms with Crippen LogP contribution in [0.5, 0.6) is 5.75 Å². The van der Waals surface area contributed by atoms with Gasteiger partial charge >= 0.3 is 0 Å². The summed E-state index contributed by atoms with van der Waals surface area (Å²) in [5.74, 6) is 0.170. The fourth-order valence-electron chi connectivity index (χ4n) is 3.67. The lowest BCUT2D eigenvalue weighted by Gasteiger charge is -2.26. The molecule has 1 heterocycles. The number of piperidine rings is 1. The van der Waals surface area contributed by atoms with E-state index in [0.29, 0.717) is 18.8 Å². The molecule has 0 aromatic heterocycles. The van der Waals surface area contributed by atoms with Gasteiger partial charge in [-0.25, -0.2) is 8.42 Å². The smallest absolute Gasteiger partial charge is 0.262 e. The number of carbonyl (C=O) groups excluding carboxylic acids is 1. The minimum atomic E-state index is -3.62. The van der Waals surface area contributed by atoms with Crippen LogP contribution in [-0.2, 0) is 14.8 Å². The largest absolute Gasteiger partial charge is 0.483 e. The fourth-order valence-corrected chi connectivity index (χ4v) is 5.37. The highest BCUT2D eigenvalue weighted by Crippen LogP contribution is 2.29. The van der Waals surface area contributed by atoms with Gasteiger partial charge in [0.1, 0.15) is 5.75 Å². The molecular weight excluding hydrogens is 436 g/mol. The van der Waals surface area contributed by atoms with Crippen LogP contribution in [0.1, 0.15) is 19.3 Å². The molecule has 6 nitrogen and oxygen atoms in total. The van der Waals surface area contributed by atoms with Crippen LogP contribution in [0.4, 0.5) is 5.69 Å². The number of halogens is 1. The number of hydrogen-bond donors (Lipinski definition) is 1. The first-order valence-electron chi connectivity index (χ1n) is 10.2. The van der Waals surface area contributed by atoms with E-state index in [-0.39, 0.29) is 22.2 Å². The first-order valence-corrected chi connectivity index (χ1v) is 12.0. The summed E-state index contributed by atoms with van der Waals surface area (Å²) in [6.45, 7) is 0.782. The van der Waals surface area contributed by atoms with Gasteiger partial charge in [-0.15, -0.1) is 0 Å². The lowest BCUT2D eigenvalue weighted by Crippen LogP contribution is -2.35. The van der Waals surface area contributed by atoms with Crippen LogP contribution in [-0.4, -0.2) is 38.3 Å². The van der Waals surface area contributed by atoms with Crippen molar-refractivity contribution in [2.24, 2.45) is 0 Å². The van der Waals surface area contributed by atoms with Crippen LogP contribution in [0.3, 0.4) is 0 Å². The van der Waals surface area contributed by atoms with Gasteiger partial charge in [-0.1, -0.05) is 54.4 Å². The number of nitrogens with zero attached hydrogens (tertiary/aromatic N) is 1. The summed E-state index contributed by atoms with van der Waals surface area (Å²) in [5.41, 5.74) is 0.242. The molecule has 0 saturated carbocycles. The molecule has 0 spiro atoms. The molecule has 0 radical (unpaired) electrons. The second kappa shape index (κ2) is 9.26. The van der Waals surface area contributed by atoms with E-state index in [2.05, 4.69) is 5.32 Å². The average molecular weight is 459 g/mol. The molecule has 1 aliphatic rings. The van der Waals surface area contributed by atoms with E-state index in [1.165, 1.54) is 22.5 Å². The van der Waals surface area contributed by atoms with Crippen molar-refractivity contribution in [2.75, 3.05) is 25.0 Å². The molecule has 0 atom stereocenters. The van der Waals surface area contributed by atoms with E-state index in [1.807, 2.05) is 36.4 Å². The lowest BCUT2D eigenvalue weighted by atomic mass is 10.1. The molecule has 31 heavy (non-hydrogen) atoms. The maximum absolute atomic E-state index is 12.9. The maximum atomic E-state index is 12.9. The quantitative estimate of drug-likeness (QED) is 0.581. The molecule has 4 rings (SSSR count). The highest BCUT2D eigenvalue weighted by molar-refractivity contribution is 7.89. The summed E-state index contributed by atoms with van der Waals surface area (Å²) in [4.78, 5) is 12.6. The molecule has 0 aliphatic carbocycles. The van der Waals surface area contributed by atoms with Crippen molar-refractivity contribution in [1.82, 2.24) is 4.31 Å². The highest BCUT2D eigenvalue weighted by Gasteiger charge is 2.26. The van der Waals surface area contributed by atoms with Crippen LogP contribution < -0.4 is 10.1 Å². The number of carbonyl (C=O) groups is 1. The van der Waals surface area contributed by atoms with E-state index in [1.54, 1.807) is 6.07 Å². The Labute approximate surface area is 186 Å². The standard InChI is InChI=1S/C23H23ClN2O4S/c24-20-12-11-18(31(28,29)26-13-4-1-5-14-26)15-21(20)25-23(27)16-30-22-10-6-8-17-7-2-3-9-19(17)22/h2-3,6-12,15H,1,4-5,13-14,16H2,(H,25,27). The van der Waals surface area contributed by atoms with Gasteiger partial charge in [-0.05, 0) is 42.5 Å². The van der Waals surface area contributed by atoms with Crippen molar-refractivity contribution in [3.05, 3.63) is 65.7 Å². The van der Waals surface area contributed by atoms with E-state index in [4.69, 9.17) is 16.3 Å². The Morgan fingerprint density at radius 2 is 1.74 bits per heavy atom. The van der Waals surface area contributed by atoms with Gasteiger partial charge < -0.3 is 10.1 Å². The monoisotopic (exact) mass is 458 g/mol. The zero-order valence-electron chi connectivity index (χ0n) is 16.9. The number of nitrogens with one attached hydrogen (secondary N) is 1. The predicted molar refractivity (Wildman–Crippen MR) is 122 cm³/mol. The molecular formula is C23H23ClN2O4S. The van der Waals surface area contributed by atoms with Crippen LogP contribution >= 0.6 is 11.6 Å². The third-order valence-electron chi connectivity index (χ3n) is 5.27. The van der Waals surface area contributed by atoms with Gasteiger partial charge in [0.15, 0.2) is 6.61 Å². The molecule has 1 fully saturated rings. The summed E-state index contributed by atoms with van der Waals surface area (Å²) in [5, 5.41) is 4.85. The molecule has 8 heteroatoms. The van der Waals surface area contributed by atoms with Crippen molar-refractivity contribution in [1.29, 1.82) is 0 Å². The first kappa shape index (κ1) is 21.6. The number of fused-ring (bicyclic) bond motifs is 1. The molecule has 3 aromatic rings. The minimum absolute atomic E-state index is 0.115. The molecule has 1 aliphatic heterocycles. The molecule has 0 bridgehead atoms. The summed E-state index contributed by atoms with van der Waals surface area (Å²) in [7, 11) is -3.62. The lowest BCUT2D eigenvalue weighted by molar-refractivity contribution is -0.118. The van der Waals surface area contributed by atoms with Gasteiger partial charge in [-0.2, -0.15) is 4.31 Å². The molecule has 1 N–H and O–H groups in total. The number of hydrogen-bond acceptors (Lipinski definition) is 4. The van der Waals surface area contributed by atoms with Crippen LogP contribution in [0.2, 0.25) is 5.02 Å². The van der Waals surface area contributed by atoms with Crippen molar-refractivity contribution < 1.29 is 17.9 Å². The normalized spacial score (nSPS) is 15.0. The third-order valence-corrected chi connectivity index (χ3v) is 7.50. The zero-order chi connectivity index (χ0) is 21.8. The maximum Gasteiger partial charge on any atom is 0.262 e. The van der Waals surface area contributed by atoms with Gasteiger partial charge in [0.2, 0.25) is 10.0 Å². The summed E-state index contributed by atoms with van der Waals surface area (Å²) in [6, 6.07) is 17.7. The summed E-state index contributed by atoms with van der Waals surface area (Å²) < 4.78 is 33.0. The molecule has 1 saturated heterocycles. The topological polar surface area (TPSA) is 75.7 Å². The van der Waals surface area contributed by atoms with Crippen molar-refractivity contribution in [3.8, 4) is 5.75 Å². The van der Waals surface area contributed by atoms with E-state index in [0.717, 1.165) is 30.0 Å². The molecule has 0 unspecified atom stereocenters. The Morgan fingerprint density at radius 3 is 2.55 bits per heavy atom. The SMILES string of the molecule is O=C(COc1cccc2ccccc12)Nc1cc(S(=O)(=O)N2CCCCC2)ccc1Cl. The van der Waals surface area contributed by atoms with E-state index >= 15 is 0 Å². The number of rotatable bonds is 6. The Balaban J connectivity index is 1.47. The fraction of sp³-hybridized carbons (Fsp3) is 0.261. The zero-order valence-corrected chi connectivity index (χ0v) is 18.5. The first-order chi connectivity index (χ1) is 14.9. The Bertz CT molecular complexity index is 1200. The number of ether oxygens (including phenoxy) is 1. The average Bonchev–Trinajstić information content (AvgIpc) is 2.79. The van der Waals surface area contributed by atoms with Crippen LogP contribution in [0, 0.1) is 0 Å². The minimum Gasteiger partial charge on any atom is -0.483 e. The van der Waals surface area contributed by atoms with Gasteiger partial charge in [0, 0.05) is 18.5 Å². The summed E-state index contributed by atoms with van der Waals surface area (Å²) in [6.07, 6.45) is 2.73. The highest BCUT2D eigenvalue weighted by atomic mass is 35.5. The van der Waals surface area contributed by atoms with E-state index in [9.17, 15) is 13.2 Å². The van der Waals surface area contributed by atoms with Crippen molar-refractivity contribution >= 4 is 44.0 Å². The van der Waals surface area contributed by atoms with Crippen LogP contribution in [0.15, 0.2) is 65.6 Å². The van der Waals surface area contributed by atoms with Crippen molar-refractivity contribution in [3.63, 3.8) is 0 Å². The van der Waals surface area contributed by atoms with E-state index < -0.39 is 15.9 Å². The Hall–Kier alpha value is -2.61. The van der Waals surface area contributed by atoms with Gasteiger partial charge in [0.25, 0.3) is 5.91 Å². The Kier molecular flexibility index (Phi) is 6.46. The summed E-state index contributed by atoms with van der Waals surface area (Å²) >= 11 is 6.21. The van der Waals surface area contributed by atoms with Crippen LogP contribution in [0.25, 0.3) is 10.8 Å². The molecule has 3 aromatic carbocycles. The van der Waals surface area contributed by atoms with Gasteiger partial charge in [-0.3, -0.25) is 4.79 Å². The predicted octanol–water partition coefficient (Wildman–Crippen LogP) is 4.69. The number of amides is 1. The second-order valence-electron chi connectivity index (χ2n) is 7.42. The van der Waals surface area contributed by atoms with Crippen molar-refractivity contribution in [2.45, 2.75) is 24.2 Å². The Morgan fingerprint density at radius 1 is 1.00 bits per heavy atom. The number of sulfonamides is 1. The van der Waals surface area contributed by atoms with Gasteiger partial charge in [0.05, 0.1) is 15.6 Å². The third kappa shape index (κ3) is 4.84. The number of benzene rings is 3. The number of anilines is 1. The second-order valence-corrected chi connectivity index (χ2v) is 9.77.